The highest BCUT2D eigenvalue weighted by Crippen LogP contribution is 2.26. The highest BCUT2D eigenvalue weighted by atomic mass is 16.5. The number of nitrogens with zero attached hydrogens (tertiary/aromatic N) is 5. The number of carbonyl (C=O) groups excluding carboxylic acids is 1. The Morgan fingerprint density at radius 3 is 2.69 bits per heavy atom. The molecule has 29 heavy (non-hydrogen) atoms. The third kappa shape index (κ3) is 4.90. The van der Waals surface area contributed by atoms with Crippen molar-refractivity contribution in [3.05, 3.63) is 59.9 Å². The van der Waals surface area contributed by atoms with E-state index in [0.29, 0.717) is 5.82 Å². The van der Waals surface area contributed by atoms with Gasteiger partial charge in [0.1, 0.15) is 12.3 Å². The Morgan fingerprint density at radius 2 is 1.93 bits per heavy atom. The number of aromatic nitrogens is 4. The Morgan fingerprint density at radius 1 is 1.14 bits per heavy atom. The smallest absolute Gasteiger partial charge is 0.248 e. The second-order valence-electron chi connectivity index (χ2n) is 7.08. The maximum absolute atomic E-state index is 12.3. The van der Waals surface area contributed by atoms with Crippen LogP contribution >= 0.6 is 0 Å². The molecule has 1 fully saturated rings. The molecule has 2 heterocycles. The van der Waals surface area contributed by atoms with E-state index in [1.165, 1.54) is 23.3 Å². The monoisotopic (exact) mass is 392 g/mol. The molecule has 1 aliphatic rings. The van der Waals surface area contributed by atoms with E-state index in [1.54, 1.807) is 0 Å². The Hall–Kier alpha value is -3.42. The van der Waals surface area contributed by atoms with Crippen molar-refractivity contribution in [2.75, 3.05) is 23.3 Å². The lowest BCUT2D eigenvalue weighted by Gasteiger charge is -2.20. The first kappa shape index (κ1) is 18.9. The van der Waals surface area contributed by atoms with E-state index in [-0.39, 0.29) is 19.1 Å². The number of aryl methyl sites for hydroxylation is 1. The molecule has 150 valence electrons. The van der Waals surface area contributed by atoms with Gasteiger partial charge < -0.3 is 15.0 Å². The van der Waals surface area contributed by atoms with Gasteiger partial charge in [-0.1, -0.05) is 18.2 Å². The average Bonchev–Trinajstić information content (AvgIpc) is 3.39. The molecule has 0 aliphatic carbocycles. The normalized spacial score (nSPS) is 13.5. The molecule has 0 unspecified atom stereocenters. The van der Waals surface area contributed by atoms with E-state index in [1.807, 2.05) is 42.5 Å². The Labute approximate surface area is 169 Å². The van der Waals surface area contributed by atoms with E-state index in [0.717, 1.165) is 30.1 Å². The summed E-state index contributed by atoms with van der Waals surface area (Å²) in [6, 6.07) is 15.4. The maximum Gasteiger partial charge on any atom is 0.248 e. The summed E-state index contributed by atoms with van der Waals surface area (Å²) < 4.78 is 5.59. The van der Waals surface area contributed by atoms with Gasteiger partial charge in [0.15, 0.2) is 6.61 Å². The van der Waals surface area contributed by atoms with Crippen molar-refractivity contribution >= 4 is 17.3 Å². The van der Waals surface area contributed by atoms with Crippen LogP contribution in [0.4, 0.5) is 11.4 Å². The van der Waals surface area contributed by atoms with Crippen LogP contribution in [0.15, 0.2) is 48.5 Å². The molecule has 1 saturated heterocycles. The second kappa shape index (κ2) is 8.72. The molecule has 1 aromatic heterocycles. The highest BCUT2D eigenvalue weighted by molar-refractivity contribution is 5.90. The lowest BCUT2D eigenvalue weighted by Crippen LogP contribution is -2.21. The molecule has 0 saturated carbocycles. The summed E-state index contributed by atoms with van der Waals surface area (Å²) >= 11 is 0. The minimum atomic E-state index is -0.203. The van der Waals surface area contributed by atoms with Crippen LogP contribution in [0.3, 0.4) is 0 Å². The predicted molar refractivity (Wildman–Crippen MR) is 110 cm³/mol. The minimum absolute atomic E-state index is 0.00867. The van der Waals surface area contributed by atoms with Gasteiger partial charge in [0.25, 0.3) is 0 Å². The number of amides is 1. The van der Waals surface area contributed by atoms with E-state index >= 15 is 0 Å². The van der Waals surface area contributed by atoms with Crippen LogP contribution in [0.1, 0.15) is 24.2 Å². The molecule has 3 aromatic rings. The number of carbonyl (C=O) groups is 1. The van der Waals surface area contributed by atoms with Crippen molar-refractivity contribution in [3.8, 4) is 5.75 Å². The van der Waals surface area contributed by atoms with Gasteiger partial charge >= 0.3 is 0 Å². The number of para-hydroxylation sites is 1. The topological polar surface area (TPSA) is 85.2 Å². The molecule has 2 aromatic carbocycles. The van der Waals surface area contributed by atoms with Gasteiger partial charge in [-0.2, -0.15) is 4.80 Å². The predicted octanol–water partition coefficient (Wildman–Crippen LogP) is 2.80. The SMILES string of the molecule is Cc1cc(NC(=O)Cn2nnc(COc3ccccc3)n2)ccc1N1CCCC1. The third-order valence-corrected chi connectivity index (χ3v) is 4.82. The van der Waals surface area contributed by atoms with Crippen molar-refractivity contribution in [3.63, 3.8) is 0 Å². The van der Waals surface area contributed by atoms with Crippen LogP contribution in [0.2, 0.25) is 0 Å². The first-order valence-corrected chi connectivity index (χ1v) is 9.77. The van der Waals surface area contributed by atoms with E-state index in [4.69, 9.17) is 4.74 Å². The largest absolute Gasteiger partial charge is 0.485 e. The Balaban J connectivity index is 1.30. The summed E-state index contributed by atoms with van der Waals surface area (Å²) in [5.74, 6) is 0.952. The van der Waals surface area contributed by atoms with Crippen molar-refractivity contribution in [1.29, 1.82) is 0 Å². The van der Waals surface area contributed by atoms with Crippen LogP contribution in [0, 0.1) is 6.92 Å². The van der Waals surface area contributed by atoms with Gasteiger partial charge in [-0.15, -0.1) is 10.2 Å². The van der Waals surface area contributed by atoms with Gasteiger partial charge in [-0.05, 0) is 60.9 Å². The summed E-state index contributed by atoms with van der Waals surface area (Å²) in [6.45, 7) is 4.46. The molecule has 0 spiro atoms. The number of ether oxygens (including phenoxy) is 1. The number of tetrazole rings is 1. The van der Waals surface area contributed by atoms with Gasteiger partial charge in [0.05, 0.1) is 0 Å². The minimum Gasteiger partial charge on any atom is -0.485 e. The zero-order valence-corrected chi connectivity index (χ0v) is 16.4. The standard InChI is InChI=1S/C21H24N6O2/c1-16-13-17(9-10-19(16)26-11-5-6-12-26)22-21(28)14-27-24-20(23-25-27)15-29-18-7-3-2-4-8-18/h2-4,7-10,13H,5-6,11-12,14-15H2,1H3,(H,22,28). The second-order valence-corrected chi connectivity index (χ2v) is 7.08. The summed E-state index contributed by atoms with van der Waals surface area (Å²) in [5, 5.41) is 14.9. The lowest BCUT2D eigenvalue weighted by atomic mass is 10.1. The molecule has 1 aliphatic heterocycles. The summed E-state index contributed by atoms with van der Waals surface area (Å²) in [4.78, 5) is 16.0. The number of rotatable bonds is 7. The number of nitrogens with one attached hydrogen (secondary N) is 1. The summed E-state index contributed by atoms with van der Waals surface area (Å²) in [6.07, 6.45) is 2.47. The zero-order chi connectivity index (χ0) is 20.1. The number of anilines is 2. The van der Waals surface area contributed by atoms with Crippen LogP contribution < -0.4 is 15.0 Å². The van der Waals surface area contributed by atoms with Crippen molar-refractivity contribution < 1.29 is 9.53 Å². The first-order valence-electron chi connectivity index (χ1n) is 9.77. The van der Waals surface area contributed by atoms with Crippen molar-refractivity contribution in [2.45, 2.75) is 32.9 Å². The van der Waals surface area contributed by atoms with Crippen LogP contribution in [-0.2, 0) is 17.9 Å². The van der Waals surface area contributed by atoms with Crippen molar-refractivity contribution in [1.82, 2.24) is 20.2 Å². The van der Waals surface area contributed by atoms with Gasteiger partial charge in [-0.25, -0.2) is 0 Å². The average molecular weight is 392 g/mol. The molecule has 0 radical (unpaired) electrons. The van der Waals surface area contributed by atoms with Gasteiger partial charge in [0.2, 0.25) is 11.7 Å². The van der Waals surface area contributed by atoms with E-state index < -0.39 is 0 Å². The van der Waals surface area contributed by atoms with Crippen LogP contribution in [0.25, 0.3) is 0 Å². The molecule has 8 heteroatoms. The molecule has 0 atom stereocenters. The molecule has 1 N–H and O–H groups in total. The fourth-order valence-electron chi connectivity index (χ4n) is 3.44. The van der Waals surface area contributed by atoms with Crippen molar-refractivity contribution in [2.24, 2.45) is 0 Å². The van der Waals surface area contributed by atoms with Crippen LogP contribution in [0.5, 0.6) is 5.75 Å². The molecular weight excluding hydrogens is 368 g/mol. The lowest BCUT2D eigenvalue weighted by molar-refractivity contribution is -0.117. The third-order valence-electron chi connectivity index (χ3n) is 4.82. The Kier molecular flexibility index (Phi) is 5.69. The first-order chi connectivity index (χ1) is 14.2. The maximum atomic E-state index is 12.3. The van der Waals surface area contributed by atoms with E-state index in [9.17, 15) is 4.79 Å². The summed E-state index contributed by atoms with van der Waals surface area (Å²) in [5.41, 5.74) is 3.16. The highest BCUT2D eigenvalue weighted by Gasteiger charge is 2.15. The zero-order valence-electron chi connectivity index (χ0n) is 16.4. The number of benzene rings is 2. The molecule has 4 rings (SSSR count). The van der Waals surface area contributed by atoms with Crippen LogP contribution in [-0.4, -0.2) is 39.2 Å². The Bertz CT molecular complexity index is 966. The van der Waals surface area contributed by atoms with E-state index in [2.05, 4.69) is 38.6 Å². The molecule has 1 amide bonds. The quantitative estimate of drug-likeness (QED) is 0.666. The van der Waals surface area contributed by atoms with Gasteiger partial charge in [-0.3, -0.25) is 4.79 Å². The van der Waals surface area contributed by atoms with Gasteiger partial charge in [0, 0.05) is 24.5 Å². The number of hydrogen-bond acceptors (Lipinski definition) is 6. The molecule has 8 nitrogen and oxygen atoms in total. The summed E-state index contributed by atoms with van der Waals surface area (Å²) in [7, 11) is 0. The molecular formula is C21H24N6O2. The molecule has 0 bridgehead atoms. The number of hydrogen-bond donors (Lipinski definition) is 1. The fourth-order valence-corrected chi connectivity index (χ4v) is 3.44. The fraction of sp³-hybridized carbons (Fsp3) is 0.333.